The molecule has 1 spiro atoms. The molecule has 0 saturated carbocycles. The fraction of sp³-hybridized carbons (Fsp3) is 0.348. The van der Waals surface area contributed by atoms with Gasteiger partial charge in [-0.05, 0) is 49.7 Å². The van der Waals surface area contributed by atoms with Gasteiger partial charge in [0.1, 0.15) is 11.3 Å². The molecule has 0 radical (unpaired) electrons. The summed E-state index contributed by atoms with van der Waals surface area (Å²) in [4.78, 5) is 44.3. The number of carbonyl (C=O) groups is 3. The normalized spacial score (nSPS) is 31.8. The number of methoxy groups -OCH3 is 1. The van der Waals surface area contributed by atoms with Gasteiger partial charge in [-0.1, -0.05) is 18.2 Å². The Balaban J connectivity index is 1.57. The minimum absolute atomic E-state index is 0.122. The molecular weight excluding hydrogens is 382 g/mol. The fourth-order valence-corrected chi connectivity index (χ4v) is 6.14. The predicted molar refractivity (Wildman–Crippen MR) is 109 cm³/mol. The summed E-state index contributed by atoms with van der Waals surface area (Å²) in [5.74, 6) is -1.36. The maximum atomic E-state index is 13.8. The second kappa shape index (κ2) is 5.92. The minimum Gasteiger partial charge on any atom is -0.497 e. The quantitative estimate of drug-likeness (QED) is 0.778. The Bertz CT molecular complexity index is 1100. The van der Waals surface area contributed by atoms with E-state index < -0.39 is 17.4 Å². The van der Waals surface area contributed by atoms with Crippen molar-refractivity contribution in [2.45, 2.75) is 24.4 Å². The lowest BCUT2D eigenvalue weighted by atomic mass is 9.75. The van der Waals surface area contributed by atoms with Gasteiger partial charge in [-0.2, -0.15) is 0 Å². The molecule has 0 bridgehead atoms. The van der Waals surface area contributed by atoms with Crippen molar-refractivity contribution in [3.8, 4) is 5.75 Å². The molecule has 30 heavy (non-hydrogen) atoms. The molecule has 7 nitrogen and oxygen atoms in total. The number of hydrogen-bond donors (Lipinski definition) is 1. The van der Waals surface area contributed by atoms with Crippen LogP contribution in [0.5, 0.6) is 5.75 Å². The molecular formula is C23H21N3O4. The summed E-state index contributed by atoms with van der Waals surface area (Å²) in [6.45, 7) is 0.688. The number of benzene rings is 2. The van der Waals surface area contributed by atoms with Crippen molar-refractivity contribution < 1.29 is 19.1 Å². The molecule has 1 N–H and O–H groups in total. The zero-order chi connectivity index (χ0) is 20.6. The van der Waals surface area contributed by atoms with Gasteiger partial charge >= 0.3 is 0 Å². The van der Waals surface area contributed by atoms with E-state index in [9.17, 15) is 14.4 Å². The number of fused-ring (bicyclic) bond motifs is 7. The van der Waals surface area contributed by atoms with Crippen LogP contribution in [0.25, 0.3) is 0 Å². The molecule has 4 aliphatic rings. The molecule has 7 heteroatoms. The summed E-state index contributed by atoms with van der Waals surface area (Å²) in [5.41, 5.74) is 0.810. The molecule has 2 aromatic carbocycles. The SMILES string of the molecule is COc1ccc2c(c1)[C@@]1(C(=O)N2)[C@H]2C(=O)N(c3ccccc3)C(=O)[C@@H]2[C@H]2CCCN21. The summed E-state index contributed by atoms with van der Waals surface area (Å²) < 4.78 is 5.42. The van der Waals surface area contributed by atoms with Crippen LogP contribution in [-0.2, 0) is 19.9 Å². The summed E-state index contributed by atoms with van der Waals surface area (Å²) >= 11 is 0. The number of amides is 3. The van der Waals surface area contributed by atoms with Crippen LogP contribution in [0.15, 0.2) is 48.5 Å². The third-order valence-electron chi connectivity index (χ3n) is 7.21. The molecule has 0 aromatic heterocycles. The van der Waals surface area contributed by atoms with E-state index in [0.717, 1.165) is 18.4 Å². The minimum atomic E-state index is -1.17. The van der Waals surface area contributed by atoms with Crippen molar-refractivity contribution in [1.29, 1.82) is 0 Å². The van der Waals surface area contributed by atoms with Crippen molar-refractivity contribution in [1.82, 2.24) is 4.90 Å². The predicted octanol–water partition coefficient (Wildman–Crippen LogP) is 2.13. The first-order chi connectivity index (χ1) is 14.6. The molecule has 2 aromatic rings. The summed E-state index contributed by atoms with van der Waals surface area (Å²) in [6, 6.07) is 14.3. The smallest absolute Gasteiger partial charge is 0.250 e. The molecule has 3 fully saturated rings. The maximum absolute atomic E-state index is 13.8. The number of nitrogens with zero attached hydrogens (tertiary/aromatic N) is 2. The van der Waals surface area contributed by atoms with Crippen LogP contribution in [0.3, 0.4) is 0 Å². The average molecular weight is 403 g/mol. The lowest BCUT2D eigenvalue weighted by Crippen LogP contribution is -2.54. The highest BCUT2D eigenvalue weighted by Gasteiger charge is 2.74. The summed E-state index contributed by atoms with van der Waals surface area (Å²) in [7, 11) is 1.58. The monoisotopic (exact) mass is 403 g/mol. The number of anilines is 2. The lowest BCUT2D eigenvalue weighted by molar-refractivity contribution is -0.135. The van der Waals surface area contributed by atoms with Crippen molar-refractivity contribution in [3.05, 3.63) is 54.1 Å². The zero-order valence-electron chi connectivity index (χ0n) is 16.5. The first kappa shape index (κ1) is 17.7. The van der Waals surface area contributed by atoms with Gasteiger partial charge in [-0.15, -0.1) is 0 Å². The highest BCUT2D eigenvalue weighted by molar-refractivity contribution is 6.25. The number of para-hydroxylation sites is 1. The lowest BCUT2D eigenvalue weighted by Gasteiger charge is -2.36. The number of carbonyl (C=O) groups excluding carboxylic acids is 3. The van der Waals surface area contributed by atoms with Crippen molar-refractivity contribution in [2.75, 3.05) is 23.9 Å². The van der Waals surface area contributed by atoms with Gasteiger partial charge in [0.2, 0.25) is 17.7 Å². The Labute approximate surface area is 173 Å². The van der Waals surface area contributed by atoms with Crippen LogP contribution in [0, 0.1) is 11.8 Å². The average Bonchev–Trinajstić information content (AvgIpc) is 3.46. The number of imide groups is 1. The van der Waals surface area contributed by atoms with E-state index in [-0.39, 0.29) is 23.8 Å². The van der Waals surface area contributed by atoms with E-state index in [0.29, 0.717) is 23.7 Å². The van der Waals surface area contributed by atoms with Crippen LogP contribution < -0.4 is 15.0 Å². The molecule has 3 saturated heterocycles. The second-order valence-electron chi connectivity index (χ2n) is 8.39. The van der Waals surface area contributed by atoms with E-state index in [2.05, 4.69) is 10.2 Å². The van der Waals surface area contributed by atoms with Gasteiger partial charge in [-0.25, -0.2) is 4.90 Å². The topological polar surface area (TPSA) is 79.0 Å². The standard InChI is InChI=1S/C23H21N3O4/c1-30-14-9-10-16-15(12-14)23(22(29)24-16)19-18(17-8-5-11-25(17)23)20(27)26(21(19)28)13-6-3-2-4-7-13/h2-4,6-7,9-10,12,17-19H,5,8,11H2,1H3,(H,24,29)/t17-,18-,19-,23+/m1/s1. The van der Waals surface area contributed by atoms with E-state index in [1.165, 1.54) is 4.90 Å². The molecule has 0 unspecified atom stereocenters. The molecule has 0 aliphatic carbocycles. The molecule has 4 atom stereocenters. The van der Waals surface area contributed by atoms with Gasteiger partial charge in [0, 0.05) is 17.3 Å². The largest absolute Gasteiger partial charge is 0.497 e. The zero-order valence-corrected chi connectivity index (χ0v) is 16.5. The Morgan fingerprint density at radius 1 is 1.07 bits per heavy atom. The van der Waals surface area contributed by atoms with Crippen LogP contribution in [0.2, 0.25) is 0 Å². The molecule has 6 rings (SSSR count). The summed E-state index contributed by atoms with van der Waals surface area (Å²) in [6.07, 6.45) is 1.70. The van der Waals surface area contributed by atoms with E-state index in [1.807, 2.05) is 30.3 Å². The number of hydrogen-bond acceptors (Lipinski definition) is 5. The maximum Gasteiger partial charge on any atom is 0.250 e. The molecule has 4 aliphatic heterocycles. The van der Waals surface area contributed by atoms with Crippen molar-refractivity contribution in [3.63, 3.8) is 0 Å². The van der Waals surface area contributed by atoms with E-state index in [4.69, 9.17) is 4.74 Å². The molecule has 4 heterocycles. The Morgan fingerprint density at radius 3 is 2.63 bits per heavy atom. The van der Waals surface area contributed by atoms with Crippen LogP contribution in [0.4, 0.5) is 11.4 Å². The fourth-order valence-electron chi connectivity index (χ4n) is 6.14. The highest BCUT2D eigenvalue weighted by atomic mass is 16.5. The number of nitrogens with one attached hydrogen (secondary N) is 1. The van der Waals surface area contributed by atoms with Crippen molar-refractivity contribution in [2.24, 2.45) is 11.8 Å². The third kappa shape index (κ3) is 1.91. The van der Waals surface area contributed by atoms with Gasteiger partial charge in [0.15, 0.2) is 0 Å². The van der Waals surface area contributed by atoms with Gasteiger partial charge in [-0.3, -0.25) is 19.3 Å². The van der Waals surface area contributed by atoms with Gasteiger partial charge < -0.3 is 10.1 Å². The highest BCUT2D eigenvalue weighted by Crippen LogP contribution is 2.61. The van der Waals surface area contributed by atoms with E-state index >= 15 is 0 Å². The number of ether oxygens (including phenoxy) is 1. The first-order valence-corrected chi connectivity index (χ1v) is 10.3. The molecule has 152 valence electrons. The van der Waals surface area contributed by atoms with Crippen LogP contribution in [-0.4, -0.2) is 42.3 Å². The third-order valence-corrected chi connectivity index (χ3v) is 7.21. The Hall–Kier alpha value is -3.19. The first-order valence-electron chi connectivity index (χ1n) is 10.3. The Kier molecular flexibility index (Phi) is 3.48. The van der Waals surface area contributed by atoms with Crippen LogP contribution in [0.1, 0.15) is 18.4 Å². The molecule has 3 amide bonds. The van der Waals surface area contributed by atoms with E-state index in [1.54, 1.807) is 25.3 Å². The summed E-state index contributed by atoms with van der Waals surface area (Å²) in [5, 5.41) is 2.98. The van der Waals surface area contributed by atoms with Gasteiger partial charge in [0.05, 0.1) is 24.6 Å². The number of rotatable bonds is 2. The second-order valence-corrected chi connectivity index (χ2v) is 8.39. The Morgan fingerprint density at radius 2 is 1.87 bits per heavy atom. The van der Waals surface area contributed by atoms with Crippen molar-refractivity contribution >= 4 is 29.1 Å². The van der Waals surface area contributed by atoms with Crippen LogP contribution >= 0.6 is 0 Å². The van der Waals surface area contributed by atoms with Gasteiger partial charge in [0.25, 0.3) is 0 Å².